The minimum absolute atomic E-state index is 0.0493. The van der Waals surface area contributed by atoms with Gasteiger partial charge < -0.3 is 5.32 Å². The summed E-state index contributed by atoms with van der Waals surface area (Å²) in [5.74, 6) is -0.183. The molecule has 3 nitrogen and oxygen atoms in total. The summed E-state index contributed by atoms with van der Waals surface area (Å²) in [6.45, 7) is 9.46. The van der Waals surface area contributed by atoms with Gasteiger partial charge in [-0.1, -0.05) is 6.07 Å². The zero-order valence-electron chi connectivity index (χ0n) is 12.6. The average Bonchev–Trinajstić information content (AvgIpc) is 2.75. The van der Waals surface area contributed by atoms with Crippen molar-refractivity contribution in [3.63, 3.8) is 0 Å². The Bertz CT molecular complexity index is 582. The van der Waals surface area contributed by atoms with Gasteiger partial charge in [0.2, 0.25) is 0 Å². The van der Waals surface area contributed by atoms with Crippen molar-refractivity contribution in [1.29, 1.82) is 0 Å². The molecule has 0 unspecified atom stereocenters. The third kappa shape index (κ3) is 4.17. The van der Waals surface area contributed by atoms with Gasteiger partial charge in [-0.05, 0) is 51.5 Å². The molecule has 1 aromatic heterocycles. The van der Waals surface area contributed by atoms with Crippen molar-refractivity contribution in [1.82, 2.24) is 15.1 Å². The van der Waals surface area contributed by atoms with Gasteiger partial charge >= 0.3 is 0 Å². The van der Waals surface area contributed by atoms with Gasteiger partial charge in [-0.25, -0.2) is 4.39 Å². The van der Waals surface area contributed by atoms with E-state index in [1.54, 1.807) is 4.68 Å². The Balaban J connectivity index is 2.12. The molecule has 20 heavy (non-hydrogen) atoms. The van der Waals surface area contributed by atoms with Crippen LogP contribution in [0.2, 0.25) is 0 Å². The molecule has 0 aliphatic rings. The molecule has 108 valence electrons. The molecule has 0 saturated heterocycles. The summed E-state index contributed by atoms with van der Waals surface area (Å²) in [7, 11) is 0. The van der Waals surface area contributed by atoms with Gasteiger partial charge in [-0.2, -0.15) is 5.10 Å². The molecule has 4 heteroatoms. The highest BCUT2D eigenvalue weighted by Crippen LogP contribution is 2.13. The van der Waals surface area contributed by atoms with Crippen molar-refractivity contribution < 1.29 is 4.39 Å². The van der Waals surface area contributed by atoms with E-state index in [-0.39, 0.29) is 11.4 Å². The van der Waals surface area contributed by atoms with Crippen LogP contribution in [0.25, 0.3) is 0 Å². The van der Waals surface area contributed by atoms with Crippen LogP contribution in [0.4, 0.5) is 4.39 Å². The SMILES string of the molecule is Cc1ccn(Cc2cc(CNC(C)(C)C)ccc2F)n1. The van der Waals surface area contributed by atoms with Crippen LogP contribution in [0.3, 0.4) is 0 Å². The maximum absolute atomic E-state index is 13.9. The van der Waals surface area contributed by atoms with Gasteiger partial charge in [0.05, 0.1) is 12.2 Å². The summed E-state index contributed by atoms with van der Waals surface area (Å²) < 4.78 is 15.6. The van der Waals surface area contributed by atoms with Crippen LogP contribution in [0.5, 0.6) is 0 Å². The van der Waals surface area contributed by atoms with E-state index in [0.29, 0.717) is 12.1 Å². The number of rotatable bonds is 4. The molecular weight excluding hydrogens is 253 g/mol. The number of nitrogens with one attached hydrogen (secondary N) is 1. The number of aromatic nitrogens is 2. The molecule has 0 amide bonds. The summed E-state index contributed by atoms with van der Waals surface area (Å²) in [6, 6.07) is 7.19. The lowest BCUT2D eigenvalue weighted by atomic mass is 10.1. The molecule has 1 aromatic carbocycles. The Morgan fingerprint density at radius 3 is 2.60 bits per heavy atom. The van der Waals surface area contributed by atoms with Gasteiger partial charge in [0, 0.05) is 23.8 Å². The Kier molecular flexibility index (Phi) is 4.23. The Labute approximate surface area is 119 Å². The van der Waals surface area contributed by atoms with E-state index in [2.05, 4.69) is 31.2 Å². The fourth-order valence-electron chi connectivity index (χ4n) is 1.95. The molecular formula is C16H22FN3. The van der Waals surface area contributed by atoms with Gasteiger partial charge in [0.25, 0.3) is 0 Å². The summed E-state index contributed by atoms with van der Waals surface area (Å²) in [4.78, 5) is 0. The zero-order chi connectivity index (χ0) is 14.8. The van der Waals surface area contributed by atoms with Crippen LogP contribution in [0.15, 0.2) is 30.5 Å². The van der Waals surface area contributed by atoms with E-state index >= 15 is 0 Å². The van der Waals surface area contributed by atoms with E-state index < -0.39 is 0 Å². The lowest BCUT2D eigenvalue weighted by molar-refractivity contribution is 0.424. The molecule has 0 aliphatic carbocycles. The Morgan fingerprint density at radius 2 is 2.00 bits per heavy atom. The normalized spacial score (nSPS) is 11.8. The van der Waals surface area contributed by atoms with Crippen LogP contribution in [0.1, 0.15) is 37.6 Å². The molecule has 1 heterocycles. The van der Waals surface area contributed by atoms with Gasteiger partial charge in [-0.15, -0.1) is 0 Å². The van der Waals surface area contributed by atoms with Crippen molar-refractivity contribution in [3.05, 3.63) is 53.1 Å². The standard InChI is InChI=1S/C16H22FN3/c1-12-7-8-20(19-12)11-14-9-13(5-6-15(14)17)10-18-16(2,3)4/h5-9,18H,10-11H2,1-4H3. The summed E-state index contributed by atoms with van der Waals surface area (Å²) in [6.07, 6.45) is 1.87. The van der Waals surface area contributed by atoms with E-state index in [4.69, 9.17) is 0 Å². The lowest BCUT2D eigenvalue weighted by Crippen LogP contribution is -2.35. The van der Waals surface area contributed by atoms with E-state index in [0.717, 1.165) is 17.8 Å². The second-order valence-corrected chi connectivity index (χ2v) is 6.18. The number of aryl methyl sites for hydroxylation is 1. The first kappa shape index (κ1) is 14.7. The minimum Gasteiger partial charge on any atom is -0.308 e. The number of hydrogen-bond donors (Lipinski definition) is 1. The lowest BCUT2D eigenvalue weighted by Gasteiger charge is -2.20. The highest BCUT2D eigenvalue weighted by Gasteiger charge is 2.10. The van der Waals surface area contributed by atoms with Crippen molar-refractivity contribution in [3.8, 4) is 0 Å². The summed E-state index contributed by atoms with van der Waals surface area (Å²) in [5.41, 5.74) is 2.74. The molecule has 0 atom stereocenters. The topological polar surface area (TPSA) is 29.9 Å². The maximum Gasteiger partial charge on any atom is 0.128 e. The van der Waals surface area contributed by atoms with E-state index in [1.807, 2.05) is 31.3 Å². The van der Waals surface area contributed by atoms with Crippen LogP contribution in [-0.4, -0.2) is 15.3 Å². The molecule has 0 fully saturated rings. The van der Waals surface area contributed by atoms with Crippen molar-refractivity contribution in [2.75, 3.05) is 0 Å². The predicted octanol–water partition coefficient (Wildman–Crippen LogP) is 3.27. The molecule has 2 aromatic rings. The van der Waals surface area contributed by atoms with Crippen molar-refractivity contribution >= 4 is 0 Å². The molecule has 2 rings (SSSR count). The smallest absolute Gasteiger partial charge is 0.128 e. The average molecular weight is 275 g/mol. The van der Waals surface area contributed by atoms with Crippen LogP contribution < -0.4 is 5.32 Å². The number of hydrogen-bond acceptors (Lipinski definition) is 2. The number of nitrogens with zero attached hydrogens (tertiary/aromatic N) is 2. The minimum atomic E-state index is -0.183. The first-order valence-electron chi connectivity index (χ1n) is 6.86. The third-order valence-electron chi connectivity index (χ3n) is 3.04. The first-order valence-corrected chi connectivity index (χ1v) is 6.86. The molecule has 1 N–H and O–H groups in total. The van der Waals surface area contributed by atoms with Crippen molar-refractivity contribution in [2.45, 2.75) is 46.3 Å². The summed E-state index contributed by atoms with van der Waals surface area (Å²) in [5, 5.41) is 7.70. The van der Waals surface area contributed by atoms with Gasteiger partial charge in [0.1, 0.15) is 5.82 Å². The second kappa shape index (κ2) is 5.75. The highest BCUT2D eigenvalue weighted by atomic mass is 19.1. The zero-order valence-corrected chi connectivity index (χ0v) is 12.6. The van der Waals surface area contributed by atoms with E-state index in [9.17, 15) is 4.39 Å². The summed E-state index contributed by atoms with van der Waals surface area (Å²) >= 11 is 0. The largest absolute Gasteiger partial charge is 0.308 e. The quantitative estimate of drug-likeness (QED) is 0.928. The first-order chi connectivity index (χ1) is 9.33. The Hall–Kier alpha value is -1.68. The predicted molar refractivity (Wildman–Crippen MR) is 79.1 cm³/mol. The highest BCUT2D eigenvalue weighted by molar-refractivity contribution is 5.25. The third-order valence-corrected chi connectivity index (χ3v) is 3.04. The molecule has 0 spiro atoms. The molecule has 0 bridgehead atoms. The fraction of sp³-hybridized carbons (Fsp3) is 0.438. The van der Waals surface area contributed by atoms with Crippen LogP contribution in [0, 0.1) is 12.7 Å². The maximum atomic E-state index is 13.9. The monoisotopic (exact) mass is 275 g/mol. The molecule has 0 aliphatic heterocycles. The van der Waals surface area contributed by atoms with Crippen LogP contribution in [-0.2, 0) is 13.1 Å². The second-order valence-electron chi connectivity index (χ2n) is 6.18. The fourth-order valence-corrected chi connectivity index (χ4v) is 1.95. The van der Waals surface area contributed by atoms with Crippen molar-refractivity contribution in [2.24, 2.45) is 0 Å². The van der Waals surface area contributed by atoms with Gasteiger partial charge in [-0.3, -0.25) is 4.68 Å². The van der Waals surface area contributed by atoms with Crippen LogP contribution >= 0.6 is 0 Å². The van der Waals surface area contributed by atoms with E-state index in [1.165, 1.54) is 6.07 Å². The Morgan fingerprint density at radius 1 is 1.25 bits per heavy atom. The molecule has 0 radical (unpaired) electrons. The van der Waals surface area contributed by atoms with Gasteiger partial charge in [0.15, 0.2) is 0 Å². The number of halogens is 1. The molecule has 0 saturated carbocycles. The number of benzene rings is 1.